The van der Waals surface area contributed by atoms with Crippen molar-refractivity contribution in [2.24, 2.45) is 0 Å². The molecule has 0 atom stereocenters. The summed E-state index contributed by atoms with van der Waals surface area (Å²) < 4.78 is 5.29. The summed E-state index contributed by atoms with van der Waals surface area (Å²) in [5, 5.41) is 11.7. The highest BCUT2D eigenvalue weighted by Crippen LogP contribution is 2.19. The van der Waals surface area contributed by atoms with Crippen molar-refractivity contribution < 1.29 is 19.4 Å². The van der Waals surface area contributed by atoms with Gasteiger partial charge in [0.15, 0.2) is 6.61 Å². The fourth-order valence-corrected chi connectivity index (χ4v) is 1.74. The Morgan fingerprint density at radius 1 is 1.35 bits per heavy atom. The predicted molar refractivity (Wildman–Crippen MR) is 75.8 cm³/mol. The zero-order chi connectivity index (χ0) is 15.1. The second-order valence-electron chi connectivity index (χ2n) is 4.42. The number of amides is 1. The summed E-state index contributed by atoms with van der Waals surface area (Å²) in [6, 6.07) is 4.37. The molecule has 110 valence electrons. The third kappa shape index (κ3) is 4.46. The molecule has 1 rings (SSSR count). The van der Waals surface area contributed by atoms with E-state index in [2.05, 4.69) is 5.32 Å². The maximum absolute atomic E-state index is 11.6. The molecule has 0 bridgehead atoms. The van der Waals surface area contributed by atoms with Crippen molar-refractivity contribution in [3.8, 4) is 5.75 Å². The van der Waals surface area contributed by atoms with Gasteiger partial charge in [0.05, 0.1) is 5.56 Å². The Labute approximate surface area is 117 Å². The van der Waals surface area contributed by atoms with Crippen LogP contribution in [0.25, 0.3) is 0 Å². The van der Waals surface area contributed by atoms with Gasteiger partial charge >= 0.3 is 5.97 Å². The van der Waals surface area contributed by atoms with Crippen LogP contribution in [-0.4, -0.2) is 29.6 Å². The molecular formula is C14H20N2O4. The molecule has 6 heteroatoms. The van der Waals surface area contributed by atoms with Crippen molar-refractivity contribution in [3.63, 3.8) is 0 Å². The van der Waals surface area contributed by atoms with Crippen LogP contribution in [0, 0.1) is 0 Å². The van der Waals surface area contributed by atoms with Crippen molar-refractivity contribution in [1.29, 1.82) is 0 Å². The van der Waals surface area contributed by atoms with Gasteiger partial charge in [-0.15, -0.1) is 0 Å². The van der Waals surface area contributed by atoms with Crippen molar-refractivity contribution in [2.75, 3.05) is 12.3 Å². The van der Waals surface area contributed by atoms with Gasteiger partial charge in [-0.2, -0.15) is 0 Å². The highest BCUT2D eigenvalue weighted by atomic mass is 16.5. The number of aromatic carboxylic acids is 1. The second-order valence-corrected chi connectivity index (χ2v) is 4.42. The third-order valence-electron chi connectivity index (χ3n) is 2.97. The minimum Gasteiger partial charge on any atom is -0.484 e. The Balaban J connectivity index is 2.56. The first kappa shape index (κ1) is 15.8. The maximum atomic E-state index is 11.6. The average molecular weight is 280 g/mol. The predicted octanol–water partition coefficient (Wildman–Crippen LogP) is 1.65. The standard InChI is InChI=1S/C14H20N2O4/c1-3-9(4-2)16-13(17)8-20-10-5-6-11(14(18)19)12(15)7-10/h5-7,9H,3-4,8,15H2,1-2H3,(H,16,17)(H,18,19). The molecule has 0 aliphatic rings. The van der Waals surface area contributed by atoms with E-state index in [0.29, 0.717) is 5.75 Å². The number of hydrogen-bond donors (Lipinski definition) is 3. The molecule has 0 saturated carbocycles. The van der Waals surface area contributed by atoms with Crippen LogP contribution >= 0.6 is 0 Å². The first-order valence-corrected chi connectivity index (χ1v) is 6.52. The lowest BCUT2D eigenvalue weighted by Crippen LogP contribution is -2.37. The zero-order valence-corrected chi connectivity index (χ0v) is 11.7. The SMILES string of the molecule is CCC(CC)NC(=O)COc1ccc(C(=O)O)c(N)c1. The van der Waals surface area contributed by atoms with Gasteiger partial charge in [-0.1, -0.05) is 13.8 Å². The average Bonchev–Trinajstić information content (AvgIpc) is 2.42. The van der Waals surface area contributed by atoms with Gasteiger partial charge < -0.3 is 20.9 Å². The first-order valence-electron chi connectivity index (χ1n) is 6.52. The molecule has 0 spiro atoms. The smallest absolute Gasteiger partial charge is 0.337 e. The molecule has 0 radical (unpaired) electrons. The van der Waals surface area contributed by atoms with E-state index < -0.39 is 5.97 Å². The quantitative estimate of drug-likeness (QED) is 0.659. The number of anilines is 1. The normalized spacial score (nSPS) is 10.3. The number of carbonyl (C=O) groups is 2. The van der Waals surface area contributed by atoms with E-state index in [1.54, 1.807) is 0 Å². The van der Waals surface area contributed by atoms with Crippen LogP contribution in [0.5, 0.6) is 5.75 Å². The molecule has 0 fully saturated rings. The topological polar surface area (TPSA) is 102 Å². The molecule has 4 N–H and O–H groups in total. The second kappa shape index (κ2) is 7.37. The molecule has 1 amide bonds. The van der Waals surface area contributed by atoms with E-state index in [0.717, 1.165) is 12.8 Å². The molecule has 0 saturated heterocycles. The van der Waals surface area contributed by atoms with Crippen LogP contribution in [0.15, 0.2) is 18.2 Å². The Hall–Kier alpha value is -2.24. The molecule has 0 unspecified atom stereocenters. The van der Waals surface area contributed by atoms with Crippen LogP contribution in [0.2, 0.25) is 0 Å². The fraction of sp³-hybridized carbons (Fsp3) is 0.429. The van der Waals surface area contributed by atoms with Crippen LogP contribution in [0.4, 0.5) is 5.69 Å². The molecule has 0 aliphatic carbocycles. The molecule has 0 heterocycles. The summed E-state index contributed by atoms with van der Waals surface area (Å²) >= 11 is 0. The van der Waals surface area contributed by atoms with Crippen molar-refractivity contribution in [1.82, 2.24) is 5.32 Å². The summed E-state index contributed by atoms with van der Waals surface area (Å²) in [5.74, 6) is -0.938. The Kier molecular flexibility index (Phi) is 5.83. The molecule has 0 aliphatic heterocycles. The van der Waals surface area contributed by atoms with Crippen LogP contribution in [-0.2, 0) is 4.79 Å². The third-order valence-corrected chi connectivity index (χ3v) is 2.97. The molecule has 0 aromatic heterocycles. The molecule has 1 aromatic rings. The lowest BCUT2D eigenvalue weighted by atomic mass is 10.2. The largest absolute Gasteiger partial charge is 0.484 e. The molecule has 1 aromatic carbocycles. The van der Waals surface area contributed by atoms with E-state index >= 15 is 0 Å². The maximum Gasteiger partial charge on any atom is 0.337 e. The van der Waals surface area contributed by atoms with Gasteiger partial charge in [0.25, 0.3) is 5.91 Å². The van der Waals surface area contributed by atoms with Gasteiger partial charge in [0, 0.05) is 17.8 Å². The Morgan fingerprint density at radius 3 is 2.50 bits per heavy atom. The highest BCUT2D eigenvalue weighted by molar-refractivity contribution is 5.93. The van der Waals surface area contributed by atoms with Crippen LogP contribution < -0.4 is 15.8 Å². The van der Waals surface area contributed by atoms with E-state index in [-0.39, 0.29) is 29.8 Å². The fourth-order valence-electron chi connectivity index (χ4n) is 1.74. The minimum absolute atomic E-state index is 0.0128. The number of carboxylic acid groups (broad SMARTS) is 1. The summed E-state index contributed by atoms with van der Waals surface area (Å²) in [7, 11) is 0. The lowest BCUT2D eigenvalue weighted by molar-refractivity contribution is -0.123. The lowest BCUT2D eigenvalue weighted by Gasteiger charge is -2.15. The number of carbonyl (C=O) groups excluding carboxylic acids is 1. The monoisotopic (exact) mass is 280 g/mol. The number of benzene rings is 1. The van der Waals surface area contributed by atoms with Gasteiger partial charge in [-0.3, -0.25) is 4.79 Å². The number of rotatable bonds is 7. The zero-order valence-electron chi connectivity index (χ0n) is 11.7. The van der Waals surface area contributed by atoms with Gasteiger partial charge in [0.2, 0.25) is 0 Å². The van der Waals surface area contributed by atoms with Gasteiger partial charge in [-0.05, 0) is 25.0 Å². The highest BCUT2D eigenvalue weighted by Gasteiger charge is 2.11. The van der Waals surface area contributed by atoms with E-state index in [4.69, 9.17) is 15.6 Å². The number of ether oxygens (including phenoxy) is 1. The Morgan fingerprint density at radius 2 is 2.00 bits per heavy atom. The summed E-state index contributed by atoms with van der Waals surface area (Å²) in [6.45, 7) is 3.88. The van der Waals surface area contributed by atoms with E-state index in [1.165, 1.54) is 18.2 Å². The van der Waals surface area contributed by atoms with Crippen LogP contribution in [0.1, 0.15) is 37.0 Å². The number of carboxylic acids is 1. The van der Waals surface area contributed by atoms with Crippen LogP contribution in [0.3, 0.4) is 0 Å². The van der Waals surface area contributed by atoms with Crippen molar-refractivity contribution in [2.45, 2.75) is 32.7 Å². The Bertz CT molecular complexity index is 484. The number of nitrogens with two attached hydrogens (primary N) is 1. The van der Waals surface area contributed by atoms with Gasteiger partial charge in [-0.25, -0.2) is 4.79 Å². The molecular weight excluding hydrogens is 260 g/mol. The minimum atomic E-state index is -1.10. The summed E-state index contributed by atoms with van der Waals surface area (Å²) in [6.07, 6.45) is 1.73. The van der Waals surface area contributed by atoms with Gasteiger partial charge in [0.1, 0.15) is 5.75 Å². The van der Waals surface area contributed by atoms with Crippen molar-refractivity contribution in [3.05, 3.63) is 23.8 Å². The molecule has 20 heavy (non-hydrogen) atoms. The number of nitrogens with one attached hydrogen (secondary N) is 1. The number of nitrogen functional groups attached to an aromatic ring is 1. The molecule has 6 nitrogen and oxygen atoms in total. The number of hydrogen-bond acceptors (Lipinski definition) is 4. The van der Waals surface area contributed by atoms with Crippen molar-refractivity contribution >= 4 is 17.6 Å². The van der Waals surface area contributed by atoms with E-state index in [1.807, 2.05) is 13.8 Å². The summed E-state index contributed by atoms with van der Waals surface area (Å²) in [4.78, 5) is 22.4. The first-order chi connectivity index (χ1) is 9.47. The summed E-state index contributed by atoms with van der Waals surface area (Å²) in [5.41, 5.74) is 5.71. The van der Waals surface area contributed by atoms with E-state index in [9.17, 15) is 9.59 Å².